The monoisotopic (exact) mass is 619 g/mol. The van der Waals surface area contributed by atoms with Crippen molar-refractivity contribution in [2.45, 2.75) is 117 Å². The summed E-state index contributed by atoms with van der Waals surface area (Å²) in [6.45, 7) is 16.3. The molecule has 11 heteroatoms. The van der Waals surface area contributed by atoms with Crippen LogP contribution in [0, 0.1) is 23.2 Å². The van der Waals surface area contributed by atoms with Gasteiger partial charge in [0.05, 0.1) is 18.7 Å². The van der Waals surface area contributed by atoms with E-state index < -0.39 is 41.8 Å². The van der Waals surface area contributed by atoms with Crippen molar-refractivity contribution >= 4 is 29.5 Å². The standard InChI is InChI=1S/C33H57N5O6/c1-9-14-24(28(39)30(41)34-18-10-2)35-29(40)27-23(21(3)4)17-19-38(27)31(42)26(22-15-12-11-13-16-22)37-32(43)36-25(20-44-8)33(5,6)7/h10,21-27H,2,9,11-20H2,1,3-8H3,(H,34,41)(H,35,40)(H2,36,37,43)/t23-,24?,25-,26+,27+/m1/s1. The fraction of sp³-hybridized carbons (Fsp3) is 0.788. The molecule has 1 saturated carbocycles. The third-order valence-corrected chi connectivity index (χ3v) is 9.05. The second-order valence-corrected chi connectivity index (χ2v) is 13.8. The Kier molecular flexibility index (Phi) is 14.8. The van der Waals surface area contributed by atoms with E-state index >= 15 is 0 Å². The van der Waals surface area contributed by atoms with E-state index in [4.69, 9.17) is 4.74 Å². The minimum absolute atomic E-state index is 0.0534. The normalized spacial score (nSPS) is 21.2. The van der Waals surface area contributed by atoms with Gasteiger partial charge < -0.3 is 30.9 Å². The van der Waals surface area contributed by atoms with Crippen LogP contribution in [0.1, 0.15) is 92.9 Å². The lowest BCUT2D eigenvalue weighted by Crippen LogP contribution is -2.61. The second kappa shape index (κ2) is 17.5. The molecule has 5 amide bonds. The first-order valence-corrected chi connectivity index (χ1v) is 16.4. The second-order valence-electron chi connectivity index (χ2n) is 13.8. The molecule has 0 aromatic carbocycles. The molecule has 2 rings (SSSR count). The molecule has 4 N–H and O–H groups in total. The molecule has 44 heavy (non-hydrogen) atoms. The van der Waals surface area contributed by atoms with Crippen molar-refractivity contribution in [3.8, 4) is 0 Å². The van der Waals surface area contributed by atoms with Gasteiger partial charge in [-0.25, -0.2) is 4.79 Å². The van der Waals surface area contributed by atoms with Crippen LogP contribution in [0.5, 0.6) is 0 Å². The van der Waals surface area contributed by atoms with Gasteiger partial charge in [0.2, 0.25) is 17.6 Å². The van der Waals surface area contributed by atoms with E-state index in [-0.39, 0.29) is 41.7 Å². The zero-order chi connectivity index (χ0) is 33.0. The number of rotatable bonds is 15. The van der Waals surface area contributed by atoms with Crippen LogP contribution in [0.2, 0.25) is 0 Å². The summed E-state index contributed by atoms with van der Waals surface area (Å²) in [6, 6.07) is -3.33. The van der Waals surface area contributed by atoms with E-state index in [1.165, 1.54) is 6.08 Å². The average molecular weight is 620 g/mol. The van der Waals surface area contributed by atoms with Gasteiger partial charge in [0.15, 0.2) is 0 Å². The van der Waals surface area contributed by atoms with Crippen LogP contribution < -0.4 is 21.3 Å². The first kappa shape index (κ1) is 37.2. The number of methoxy groups -OCH3 is 1. The Morgan fingerprint density at radius 3 is 2.20 bits per heavy atom. The quantitative estimate of drug-likeness (QED) is 0.163. The number of ether oxygens (including phenoxy) is 1. The van der Waals surface area contributed by atoms with E-state index in [0.29, 0.717) is 32.4 Å². The third-order valence-electron chi connectivity index (χ3n) is 9.05. The summed E-state index contributed by atoms with van der Waals surface area (Å²) in [5.41, 5.74) is -0.268. The van der Waals surface area contributed by atoms with Gasteiger partial charge in [0.25, 0.3) is 5.91 Å². The fourth-order valence-electron chi connectivity index (χ4n) is 6.37. The molecule has 1 aliphatic carbocycles. The van der Waals surface area contributed by atoms with E-state index in [2.05, 4.69) is 27.8 Å². The number of urea groups is 1. The first-order chi connectivity index (χ1) is 20.8. The number of Topliss-reactive ketones (excluding diaryl/α,β-unsaturated/α-hetero) is 1. The molecule has 0 spiro atoms. The van der Waals surface area contributed by atoms with Crippen molar-refractivity contribution in [2.24, 2.45) is 23.2 Å². The SMILES string of the molecule is C=CCNC(=O)C(=O)C(CCC)NC(=O)[C@@H]1[C@@H](C(C)C)CCN1C(=O)[C@@H](NC(=O)N[C@H](COC)C(C)(C)C)C1CCCCC1. The average Bonchev–Trinajstić information content (AvgIpc) is 3.43. The van der Waals surface area contributed by atoms with Gasteiger partial charge in [-0.15, -0.1) is 6.58 Å². The topological polar surface area (TPSA) is 146 Å². The van der Waals surface area contributed by atoms with E-state index in [0.717, 1.165) is 32.1 Å². The molecule has 1 aliphatic heterocycles. The summed E-state index contributed by atoms with van der Waals surface area (Å²) >= 11 is 0. The fourth-order valence-corrected chi connectivity index (χ4v) is 6.37. The van der Waals surface area contributed by atoms with Gasteiger partial charge in [0, 0.05) is 20.2 Å². The minimum Gasteiger partial charge on any atom is -0.383 e. The highest BCUT2D eigenvalue weighted by molar-refractivity contribution is 6.38. The Labute approximate surface area is 264 Å². The van der Waals surface area contributed by atoms with Crippen molar-refractivity contribution in [1.82, 2.24) is 26.2 Å². The highest BCUT2D eigenvalue weighted by Crippen LogP contribution is 2.34. The molecule has 0 bridgehead atoms. The van der Waals surface area contributed by atoms with Crippen LogP contribution in [0.3, 0.4) is 0 Å². The van der Waals surface area contributed by atoms with Crippen LogP contribution in [-0.2, 0) is 23.9 Å². The largest absolute Gasteiger partial charge is 0.383 e. The van der Waals surface area contributed by atoms with Crippen LogP contribution in [0.25, 0.3) is 0 Å². The number of nitrogens with zero attached hydrogens (tertiary/aromatic N) is 1. The smallest absolute Gasteiger partial charge is 0.315 e. The molecule has 0 aromatic heterocycles. The molecular weight excluding hydrogens is 562 g/mol. The van der Waals surface area contributed by atoms with Gasteiger partial charge in [-0.2, -0.15) is 0 Å². The Hall–Kier alpha value is -2.95. The van der Waals surface area contributed by atoms with E-state index in [1.54, 1.807) is 12.0 Å². The number of carbonyl (C=O) groups excluding carboxylic acids is 5. The van der Waals surface area contributed by atoms with Crippen molar-refractivity contribution in [2.75, 3.05) is 26.8 Å². The highest BCUT2D eigenvalue weighted by atomic mass is 16.5. The van der Waals surface area contributed by atoms with Gasteiger partial charge >= 0.3 is 6.03 Å². The maximum atomic E-state index is 14.4. The van der Waals surface area contributed by atoms with Crippen LogP contribution in [0.15, 0.2) is 12.7 Å². The molecule has 5 atom stereocenters. The number of amides is 5. The molecule has 11 nitrogen and oxygen atoms in total. The van der Waals surface area contributed by atoms with Crippen molar-refractivity contribution in [1.29, 1.82) is 0 Å². The molecule has 0 radical (unpaired) electrons. The zero-order valence-electron chi connectivity index (χ0n) is 28.0. The van der Waals surface area contributed by atoms with Crippen LogP contribution >= 0.6 is 0 Å². The summed E-state index contributed by atoms with van der Waals surface area (Å²) in [5.74, 6) is -2.33. The van der Waals surface area contributed by atoms with Crippen molar-refractivity contribution < 1.29 is 28.7 Å². The third kappa shape index (κ3) is 10.3. The Bertz CT molecular complexity index is 1000. The lowest BCUT2D eigenvalue weighted by Gasteiger charge is -2.37. The summed E-state index contributed by atoms with van der Waals surface area (Å²) in [7, 11) is 1.59. The minimum atomic E-state index is -1.00. The predicted molar refractivity (Wildman–Crippen MR) is 171 cm³/mol. The highest BCUT2D eigenvalue weighted by Gasteiger charge is 2.47. The number of hydrogen-bond donors (Lipinski definition) is 4. The number of hydrogen-bond acceptors (Lipinski definition) is 6. The molecule has 2 aliphatic rings. The first-order valence-electron chi connectivity index (χ1n) is 16.4. The van der Waals surface area contributed by atoms with Gasteiger partial charge in [-0.1, -0.05) is 73.3 Å². The molecular formula is C33H57N5O6. The summed E-state index contributed by atoms with van der Waals surface area (Å²) in [6.07, 6.45) is 7.61. The maximum absolute atomic E-state index is 14.4. The lowest BCUT2D eigenvalue weighted by molar-refractivity contribution is -0.144. The zero-order valence-corrected chi connectivity index (χ0v) is 28.0. The maximum Gasteiger partial charge on any atom is 0.315 e. The van der Waals surface area contributed by atoms with Gasteiger partial charge in [-0.05, 0) is 48.9 Å². The summed E-state index contributed by atoms with van der Waals surface area (Å²) < 4.78 is 5.34. The Balaban J connectivity index is 2.35. The van der Waals surface area contributed by atoms with Crippen LogP contribution in [-0.4, -0.2) is 85.4 Å². The number of likely N-dealkylation sites (tertiary alicyclic amines) is 1. The Morgan fingerprint density at radius 2 is 1.66 bits per heavy atom. The summed E-state index contributed by atoms with van der Waals surface area (Å²) in [4.78, 5) is 68.7. The van der Waals surface area contributed by atoms with Gasteiger partial charge in [0.1, 0.15) is 12.1 Å². The van der Waals surface area contributed by atoms with Crippen molar-refractivity contribution in [3.05, 3.63) is 12.7 Å². The lowest BCUT2D eigenvalue weighted by atomic mass is 9.82. The van der Waals surface area contributed by atoms with Crippen molar-refractivity contribution in [3.63, 3.8) is 0 Å². The summed E-state index contributed by atoms with van der Waals surface area (Å²) in [5, 5.41) is 11.3. The Morgan fingerprint density at radius 1 is 1.00 bits per heavy atom. The van der Waals surface area contributed by atoms with E-state index in [9.17, 15) is 24.0 Å². The predicted octanol–water partition coefficient (Wildman–Crippen LogP) is 3.32. The molecule has 2 fully saturated rings. The molecule has 1 saturated heterocycles. The molecule has 1 heterocycles. The molecule has 0 aromatic rings. The van der Waals surface area contributed by atoms with E-state index in [1.807, 2.05) is 41.5 Å². The van der Waals surface area contributed by atoms with Crippen LogP contribution in [0.4, 0.5) is 4.79 Å². The number of nitrogens with one attached hydrogen (secondary N) is 4. The number of carbonyl (C=O) groups is 5. The number of ketones is 1. The molecule has 1 unspecified atom stereocenters. The van der Waals surface area contributed by atoms with Gasteiger partial charge in [-0.3, -0.25) is 19.2 Å². The molecule has 250 valence electrons.